The van der Waals surface area contributed by atoms with E-state index < -0.39 is 17.9 Å². The van der Waals surface area contributed by atoms with E-state index in [1.807, 2.05) is 0 Å². The fourth-order valence-electron chi connectivity index (χ4n) is 2.08. The van der Waals surface area contributed by atoms with E-state index in [0.717, 1.165) is 32.1 Å². The van der Waals surface area contributed by atoms with Crippen molar-refractivity contribution < 1.29 is 14.7 Å². The highest BCUT2D eigenvalue weighted by atomic mass is 16.4. The molecule has 5 nitrogen and oxygen atoms in total. The number of carbonyl (C=O) groups excluding carboxylic acids is 1. The molecule has 1 amide bonds. The van der Waals surface area contributed by atoms with Crippen LogP contribution in [0.4, 0.5) is 0 Å². The predicted octanol–water partition coefficient (Wildman–Crippen LogP) is 0.0948. The lowest BCUT2D eigenvalue weighted by atomic mass is 9.84. The maximum absolute atomic E-state index is 11.1. The first-order valence-corrected chi connectivity index (χ1v) is 5.37. The monoisotopic (exact) mass is 214 g/mol. The second-order valence-electron chi connectivity index (χ2n) is 3.99. The first-order valence-electron chi connectivity index (χ1n) is 5.37. The van der Waals surface area contributed by atoms with Gasteiger partial charge in [-0.15, -0.1) is 0 Å². The second-order valence-corrected chi connectivity index (χ2v) is 3.99. The molecule has 0 aromatic heterocycles. The Labute approximate surface area is 89.0 Å². The molecule has 1 saturated carbocycles. The molecule has 86 valence electrons. The minimum atomic E-state index is -0.955. The molecule has 0 radical (unpaired) electrons. The molecule has 15 heavy (non-hydrogen) atoms. The van der Waals surface area contributed by atoms with Crippen molar-refractivity contribution in [1.29, 1.82) is 0 Å². The van der Waals surface area contributed by atoms with Gasteiger partial charge in [-0.1, -0.05) is 19.3 Å². The van der Waals surface area contributed by atoms with Crippen LogP contribution in [0, 0.1) is 5.92 Å². The average Bonchev–Trinajstić information content (AvgIpc) is 2.26. The van der Waals surface area contributed by atoms with E-state index in [2.05, 4.69) is 5.32 Å². The number of nitrogens with two attached hydrogens (primary N) is 1. The molecule has 1 unspecified atom stereocenters. The van der Waals surface area contributed by atoms with Crippen LogP contribution in [0.3, 0.4) is 0 Å². The summed E-state index contributed by atoms with van der Waals surface area (Å²) in [5, 5.41) is 11.5. The molecule has 1 aliphatic carbocycles. The number of nitrogens with one attached hydrogen (secondary N) is 1. The summed E-state index contributed by atoms with van der Waals surface area (Å²) in [6, 6.07) is -0.763. The van der Waals surface area contributed by atoms with E-state index in [0.29, 0.717) is 0 Å². The van der Waals surface area contributed by atoms with Gasteiger partial charge >= 0.3 is 5.97 Å². The third-order valence-corrected chi connectivity index (χ3v) is 2.89. The van der Waals surface area contributed by atoms with Crippen molar-refractivity contribution in [2.75, 3.05) is 6.54 Å². The van der Waals surface area contributed by atoms with E-state index in [1.54, 1.807) is 0 Å². The molecule has 5 heteroatoms. The van der Waals surface area contributed by atoms with Gasteiger partial charge in [0.05, 0.1) is 6.54 Å². The summed E-state index contributed by atoms with van der Waals surface area (Å²) < 4.78 is 0. The number of carboxylic acids is 1. The molecule has 0 bridgehead atoms. The van der Waals surface area contributed by atoms with E-state index in [-0.39, 0.29) is 12.5 Å². The summed E-state index contributed by atoms with van der Waals surface area (Å²) in [4.78, 5) is 22.1. The van der Waals surface area contributed by atoms with Gasteiger partial charge in [-0.2, -0.15) is 0 Å². The number of carboxylic acid groups (broad SMARTS) is 1. The zero-order chi connectivity index (χ0) is 11.3. The molecular weight excluding hydrogens is 196 g/mol. The third-order valence-electron chi connectivity index (χ3n) is 2.89. The SMILES string of the molecule is NCC(=O)NC(C(=O)O)C1CCCCC1. The van der Waals surface area contributed by atoms with Gasteiger partial charge in [0.1, 0.15) is 6.04 Å². The molecular formula is C10H18N2O3. The summed E-state index contributed by atoms with van der Waals surface area (Å²) in [6.45, 7) is -0.156. The zero-order valence-corrected chi connectivity index (χ0v) is 8.74. The van der Waals surface area contributed by atoms with Crippen LogP contribution < -0.4 is 11.1 Å². The van der Waals surface area contributed by atoms with Crippen LogP contribution in [0.15, 0.2) is 0 Å². The van der Waals surface area contributed by atoms with Crippen LogP contribution in [-0.4, -0.2) is 29.6 Å². The summed E-state index contributed by atoms with van der Waals surface area (Å²) in [5.41, 5.74) is 5.15. The fourth-order valence-corrected chi connectivity index (χ4v) is 2.08. The summed E-state index contributed by atoms with van der Waals surface area (Å²) in [6.07, 6.45) is 5.01. The Hall–Kier alpha value is -1.10. The molecule has 0 spiro atoms. The lowest BCUT2D eigenvalue weighted by Crippen LogP contribution is -2.48. The van der Waals surface area contributed by atoms with Gasteiger partial charge in [0, 0.05) is 0 Å². The number of rotatable bonds is 4. The summed E-state index contributed by atoms with van der Waals surface area (Å²) in [5.74, 6) is -1.29. The Morgan fingerprint density at radius 1 is 1.33 bits per heavy atom. The van der Waals surface area contributed by atoms with Crippen molar-refractivity contribution in [2.24, 2.45) is 11.7 Å². The van der Waals surface area contributed by atoms with Crippen LogP contribution in [0.25, 0.3) is 0 Å². The van der Waals surface area contributed by atoms with Crippen LogP contribution in [0.2, 0.25) is 0 Å². The quantitative estimate of drug-likeness (QED) is 0.618. The predicted molar refractivity (Wildman–Crippen MR) is 55.2 cm³/mol. The van der Waals surface area contributed by atoms with Gasteiger partial charge in [0.2, 0.25) is 5.91 Å². The molecule has 1 aliphatic rings. The molecule has 1 rings (SSSR count). The van der Waals surface area contributed by atoms with Gasteiger partial charge in [0.25, 0.3) is 0 Å². The zero-order valence-electron chi connectivity index (χ0n) is 8.74. The molecule has 0 aromatic rings. The second kappa shape index (κ2) is 5.70. The van der Waals surface area contributed by atoms with Crippen molar-refractivity contribution in [3.8, 4) is 0 Å². The minimum Gasteiger partial charge on any atom is -0.480 e. The van der Waals surface area contributed by atoms with Crippen molar-refractivity contribution in [1.82, 2.24) is 5.32 Å². The number of aliphatic carboxylic acids is 1. The average molecular weight is 214 g/mol. The van der Waals surface area contributed by atoms with Crippen LogP contribution in [0.1, 0.15) is 32.1 Å². The lowest BCUT2D eigenvalue weighted by molar-refractivity contribution is -0.143. The van der Waals surface area contributed by atoms with Crippen LogP contribution in [0.5, 0.6) is 0 Å². The maximum Gasteiger partial charge on any atom is 0.326 e. The highest BCUT2D eigenvalue weighted by Crippen LogP contribution is 2.26. The van der Waals surface area contributed by atoms with Gasteiger partial charge in [0.15, 0.2) is 0 Å². The largest absolute Gasteiger partial charge is 0.480 e. The van der Waals surface area contributed by atoms with E-state index in [4.69, 9.17) is 10.8 Å². The highest BCUT2D eigenvalue weighted by Gasteiger charge is 2.30. The Bertz CT molecular complexity index is 237. The van der Waals surface area contributed by atoms with Crippen molar-refractivity contribution >= 4 is 11.9 Å². The van der Waals surface area contributed by atoms with Crippen LogP contribution >= 0.6 is 0 Å². The molecule has 4 N–H and O–H groups in total. The molecule has 0 aromatic carbocycles. The normalized spacial score (nSPS) is 19.5. The summed E-state index contributed by atoms with van der Waals surface area (Å²) in [7, 11) is 0. The molecule has 1 fully saturated rings. The van der Waals surface area contributed by atoms with E-state index in [9.17, 15) is 9.59 Å². The van der Waals surface area contributed by atoms with Gasteiger partial charge in [-0.05, 0) is 18.8 Å². The van der Waals surface area contributed by atoms with Gasteiger partial charge < -0.3 is 16.2 Å². The van der Waals surface area contributed by atoms with Gasteiger partial charge in [-0.3, -0.25) is 4.79 Å². The van der Waals surface area contributed by atoms with Crippen molar-refractivity contribution in [2.45, 2.75) is 38.1 Å². The topological polar surface area (TPSA) is 92.4 Å². The maximum atomic E-state index is 11.1. The van der Waals surface area contributed by atoms with Gasteiger partial charge in [-0.25, -0.2) is 4.79 Å². The smallest absolute Gasteiger partial charge is 0.326 e. The number of amides is 1. The molecule has 1 atom stereocenters. The molecule has 0 saturated heterocycles. The molecule has 0 heterocycles. The minimum absolute atomic E-state index is 0.0618. The van der Waals surface area contributed by atoms with Crippen molar-refractivity contribution in [3.63, 3.8) is 0 Å². The molecule has 0 aliphatic heterocycles. The number of hydrogen-bond donors (Lipinski definition) is 3. The van der Waals surface area contributed by atoms with E-state index >= 15 is 0 Å². The Kier molecular flexibility index (Phi) is 4.55. The first-order chi connectivity index (χ1) is 7.15. The summed E-state index contributed by atoms with van der Waals surface area (Å²) >= 11 is 0. The van der Waals surface area contributed by atoms with Crippen LogP contribution in [-0.2, 0) is 9.59 Å². The Balaban J connectivity index is 2.55. The van der Waals surface area contributed by atoms with E-state index in [1.165, 1.54) is 0 Å². The first kappa shape index (κ1) is 12.0. The fraction of sp³-hybridized carbons (Fsp3) is 0.800. The highest BCUT2D eigenvalue weighted by molar-refractivity contribution is 5.84. The Morgan fingerprint density at radius 3 is 2.40 bits per heavy atom. The lowest BCUT2D eigenvalue weighted by Gasteiger charge is -2.27. The number of hydrogen-bond acceptors (Lipinski definition) is 3. The Morgan fingerprint density at radius 2 is 1.93 bits per heavy atom. The standard InChI is InChI=1S/C10H18N2O3/c11-6-8(13)12-9(10(14)15)7-4-2-1-3-5-7/h7,9H,1-6,11H2,(H,12,13)(H,14,15). The third kappa shape index (κ3) is 3.51. The van der Waals surface area contributed by atoms with Crippen molar-refractivity contribution in [3.05, 3.63) is 0 Å². The number of carbonyl (C=O) groups is 2.